The third kappa shape index (κ3) is 2.08. The van der Waals surface area contributed by atoms with Crippen molar-refractivity contribution in [3.63, 3.8) is 0 Å². The summed E-state index contributed by atoms with van der Waals surface area (Å²) in [6.45, 7) is 1.44. The Balaban J connectivity index is 3.45. The number of hydrogen-bond donors (Lipinski definition) is 1. The Kier molecular flexibility index (Phi) is 2.87. The number of anilines is 1. The Morgan fingerprint density at radius 1 is 1.50 bits per heavy atom. The standard InChI is InChI=1S/C8H8Cl2N2O2/c1-8(9,10)7-5(11)3-2-4-6(7)12(13)14/h2-4H,11H2,1H3. The molecule has 0 aliphatic heterocycles. The van der Waals surface area contributed by atoms with E-state index in [4.69, 9.17) is 28.9 Å². The monoisotopic (exact) mass is 234 g/mol. The van der Waals surface area contributed by atoms with Crippen LogP contribution in [0.15, 0.2) is 18.2 Å². The predicted octanol–water partition coefficient (Wildman–Crippen LogP) is 2.83. The number of nitro benzene ring substituents is 1. The lowest BCUT2D eigenvalue weighted by atomic mass is 10.1. The number of nitro groups is 1. The molecule has 1 rings (SSSR count). The molecular weight excluding hydrogens is 227 g/mol. The van der Waals surface area contributed by atoms with Crippen molar-refractivity contribution in [1.82, 2.24) is 0 Å². The van der Waals surface area contributed by atoms with Crippen LogP contribution in [0.1, 0.15) is 12.5 Å². The highest BCUT2D eigenvalue weighted by molar-refractivity contribution is 6.48. The summed E-state index contributed by atoms with van der Waals surface area (Å²) < 4.78 is -1.37. The molecule has 0 unspecified atom stereocenters. The maximum Gasteiger partial charge on any atom is 0.277 e. The first-order chi connectivity index (χ1) is 6.34. The van der Waals surface area contributed by atoms with Gasteiger partial charge in [0.1, 0.15) is 4.33 Å². The third-order valence-corrected chi connectivity index (χ3v) is 2.09. The van der Waals surface area contributed by atoms with Crippen LogP contribution in [0.3, 0.4) is 0 Å². The first-order valence-electron chi connectivity index (χ1n) is 3.75. The van der Waals surface area contributed by atoms with Crippen molar-refractivity contribution in [1.29, 1.82) is 0 Å². The quantitative estimate of drug-likeness (QED) is 0.371. The van der Waals surface area contributed by atoms with Gasteiger partial charge >= 0.3 is 0 Å². The second kappa shape index (κ2) is 3.63. The van der Waals surface area contributed by atoms with Crippen molar-refractivity contribution < 1.29 is 4.92 Å². The molecule has 0 bridgehead atoms. The average molecular weight is 235 g/mol. The number of benzene rings is 1. The van der Waals surface area contributed by atoms with Gasteiger partial charge in [-0.05, 0) is 13.0 Å². The lowest BCUT2D eigenvalue weighted by Crippen LogP contribution is -2.11. The molecule has 2 N–H and O–H groups in total. The molecule has 14 heavy (non-hydrogen) atoms. The van der Waals surface area contributed by atoms with E-state index in [-0.39, 0.29) is 16.9 Å². The molecule has 0 atom stereocenters. The highest BCUT2D eigenvalue weighted by Crippen LogP contribution is 2.41. The molecule has 0 saturated heterocycles. The highest BCUT2D eigenvalue weighted by atomic mass is 35.5. The van der Waals surface area contributed by atoms with Crippen LogP contribution in [0.4, 0.5) is 11.4 Å². The number of alkyl halides is 2. The molecule has 0 aliphatic rings. The maximum atomic E-state index is 10.7. The average Bonchev–Trinajstić information content (AvgIpc) is 2.01. The summed E-state index contributed by atoms with van der Waals surface area (Å²) in [4.78, 5) is 10.1. The normalized spacial score (nSPS) is 11.4. The lowest BCUT2D eigenvalue weighted by molar-refractivity contribution is -0.385. The molecule has 0 spiro atoms. The summed E-state index contributed by atoms with van der Waals surface area (Å²) in [6, 6.07) is 4.32. The number of nitrogens with zero attached hydrogens (tertiary/aromatic N) is 1. The lowest BCUT2D eigenvalue weighted by Gasteiger charge is -2.15. The van der Waals surface area contributed by atoms with Gasteiger partial charge in [-0.1, -0.05) is 29.3 Å². The van der Waals surface area contributed by atoms with Crippen molar-refractivity contribution in [3.05, 3.63) is 33.9 Å². The van der Waals surface area contributed by atoms with Crippen LogP contribution < -0.4 is 5.73 Å². The van der Waals surface area contributed by atoms with Gasteiger partial charge in [-0.3, -0.25) is 10.1 Å². The van der Waals surface area contributed by atoms with Crippen molar-refractivity contribution in [2.75, 3.05) is 5.73 Å². The van der Waals surface area contributed by atoms with Crippen molar-refractivity contribution in [2.24, 2.45) is 0 Å². The van der Waals surface area contributed by atoms with E-state index in [2.05, 4.69) is 0 Å². The predicted molar refractivity (Wildman–Crippen MR) is 56.6 cm³/mol. The molecule has 0 heterocycles. The van der Waals surface area contributed by atoms with E-state index in [0.29, 0.717) is 0 Å². The minimum absolute atomic E-state index is 0.133. The number of nitrogens with two attached hydrogens (primary N) is 1. The van der Waals surface area contributed by atoms with Gasteiger partial charge in [-0.25, -0.2) is 0 Å². The fourth-order valence-electron chi connectivity index (χ4n) is 1.19. The van der Waals surface area contributed by atoms with E-state index < -0.39 is 9.26 Å². The second-order valence-electron chi connectivity index (χ2n) is 2.89. The van der Waals surface area contributed by atoms with Gasteiger partial charge < -0.3 is 5.73 Å². The van der Waals surface area contributed by atoms with Crippen LogP contribution >= 0.6 is 23.2 Å². The zero-order chi connectivity index (χ0) is 10.9. The van der Waals surface area contributed by atoms with Crippen LogP contribution in [0, 0.1) is 10.1 Å². The number of nitrogen functional groups attached to an aromatic ring is 1. The SMILES string of the molecule is CC(Cl)(Cl)c1c(N)cccc1[N+](=O)[O-]. The highest BCUT2D eigenvalue weighted by Gasteiger charge is 2.31. The van der Waals surface area contributed by atoms with Crippen molar-refractivity contribution in [3.8, 4) is 0 Å². The second-order valence-corrected chi connectivity index (χ2v) is 4.59. The van der Waals surface area contributed by atoms with E-state index in [1.165, 1.54) is 25.1 Å². The zero-order valence-corrected chi connectivity index (χ0v) is 8.84. The van der Waals surface area contributed by atoms with Gasteiger partial charge in [-0.15, -0.1) is 0 Å². The smallest absolute Gasteiger partial charge is 0.277 e. The number of hydrogen-bond acceptors (Lipinski definition) is 3. The van der Waals surface area contributed by atoms with E-state index in [1.807, 2.05) is 0 Å². The van der Waals surface area contributed by atoms with Gasteiger partial charge in [0, 0.05) is 11.8 Å². The molecule has 1 aromatic rings. The Labute approximate surface area is 90.8 Å². The van der Waals surface area contributed by atoms with E-state index in [0.717, 1.165) is 0 Å². The largest absolute Gasteiger partial charge is 0.398 e. The summed E-state index contributed by atoms with van der Waals surface area (Å²) in [7, 11) is 0. The molecule has 0 radical (unpaired) electrons. The number of halogens is 2. The molecule has 0 amide bonds. The Morgan fingerprint density at radius 3 is 2.43 bits per heavy atom. The zero-order valence-electron chi connectivity index (χ0n) is 7.33. The van der Waals surface area contributed by atoms with Crippen LogP contribution in [-0.4, -0.2) is 4.92 Å². The summed E-state index contributed by atoms with van der Waals surface area (Å²) >= 11 is 11.6. The van der Waals surface area contributed by atoms with Crippen LogP contribution in [0.2, 0.25) is 0 Å². The molecule has 4 nitrogen and oxygen atoms in total. The molecule has 76 valence electrons. The van der Waals surface area contributed by atoms with E-state index in [9.17, 15) is 10.1 Å². The molecule has 1 aromatic carbocycles. The Morgan fingerprint density at radius 2 is 2.07 bits per heavy atom. The van der Waals surface area contributed by atoms with Crippen molar-refractivity contribution >= 4 is 34.6 Å². The molecule has 0 saturated carbocycles. The van der Waals surface area contributed by atoms with Gasteiger partial charge in [0.05, 0.1) is 10.5 Å². The van der Waals surface area contributed by atoms with Crippen molar-refractivity contribution in [2.45, 2.75) is 11.3 Å². The van der Waals surface area contributed by atoms with Gasteiger partial charge in [0.2, 0.25) is 0 Å². The maximum absolute atomic E-state index is 10.7. The minimum Gasteiger partial charge on any atom is -0.398 e. The van der Waals surface area contributed by atoms with Crippen LogP contribution in [-0.2, 0) is 4.33 Å². The molecule has 0 aromatic heterocycles. The summed E-state index contributed by atoms with van der Waals surface area (Å²) in [5.41, 5.74) is 5.75. The van der Waals surface area contributed by atoms with Gasteiger partial charge in [0.15, 0.2) is 0 Å². The topological polar surface area (TPSA) is 69.2 Å². The summed E-state index contributed by atoms with van der Waals surface area (Å²) in [5.74, 6) is 0. The van der Waals surface area contributed by atoms with E-state index >= 15 is 0 Å². The first kappa shape index (κ1) is 11.1. The summed E-state index contributed by atoms with van der Waals surface area (Å²) in [5, 5.41) is 10.7. The van der Waals surface area contributed by atoms with Gasteiger partial charge in [0.25, 0.3) is 5.69 Å². The fourth-order valence-corrected chi connectivity index (χ4v) is 1.60. The molecular formula is C8H8Cl2N2O2. The van der Waals surface area contributed by atoms with E-state index in [1.54, 1.807) is 0 Å². The third-order valence-electron chi connectivity index (χ3n) is 1.71. The van der Waals surface area contributed by atoms with Crippen LogP contribution in [0.25, 0.3) is 0 Å². The van der Waals surface area contributed by atoms with Crippen LogP contribution in [0.5, 0.6) is 0 Å². The van der Waals surface area contributed by atoms with Gasteiger partial charge in [-0.2, -0.15) is 0 Å². The fraction of sp³-hybridized carbons (Fsp3) is 0.250. The first-order valence-corrected chi connectivity index (χ1v) is 4.51. The summed E-state index contributed by atoms with van der Waals surface area (Å²) in [6.07, 6.45) is 0. The minimum atomic E-state index is -1.37. The molecule has 0 aliphatic carbocycles. The molecule has 6 heteroatoms. The Bertz CT molecular complexity index is 374. The Hall–Kier alpha value is -1.00. The molecule has 0 fully saturated rings. The number of rotatable bonds is 2.